The van der Waals surface area contributed by atoms with Crippen LogP contribution in [0.4, 0.5) is 4.39 Å². The number of halogens is 1. The number of nitrogens with two attached hydrogens (primary N) is 1. The van der Waals surface area contributed by atoms with E-state index < -0.39 is 18.6 Å². The largest absolute Gasteiger partial charge is 0.480 e. The number of carboxylic acid groups (broad SMARTS) is 1. The molecule has 0 heterocycles. The van der Waals surface area contributed by atoms with Crippen molar-refractivity contribution in [1.82, 2.24) is 0 Å². The fourth-order valence-corrected chi connectivity index (χ4v) is 2.41. The third kappa shape index (κ3) is 6.55. The van der Waals surface area contributed by atoms with Crippen LogP contribution in [-0.2, 0) is 11.2 Å². The molecule has 0 amide bonds. The summed E-state index contributed by atoms with van der Waals surface area (Å²) in [6, 6.07) is 6.22. The number of carbonyl (C=O) groups is 1. The maximum atomic E-state index is 13.1. The van der Waals surface area contributed by atoms with Gasteiger partial charge >= 0.3 is 13.1 Å². The summed E-state index contributed by atoms with van der Waals surface area (Å²) in [5.41, 5.74) is 5.44. The zero-order chi connectivity index (χ0) is 16.6. The third-order valence-corrected chi connectivity index (χ3v) is 3.74. The Kier molecular flexibility index (Phi) is 7.51. The molecule has 5 nitrogen and oxygen atoms in total. The number of aliphatic carboxylic acids is 1. The van der Waals surface area contributed by atoms with Gasteiger partial charge in [0, 0.05) is 0 Å². The van der Waals surface area contributed by atoms with Crippen molar-refractivity contribution in [3.63, 3.8) is 0 Å². The number of carboxylic acids is 1. The number of hydrogen-bond acceptors (Lipinski definition) is 4. The smallest absolute Gasteiger partial charge is 0.451 e. The molecule has 0 fully saturated rings. The van der Waals surface area contributed by atoms with Gasteiger partial charge < -0.3 is 20.9 Å². The summed E-state index contributed by atoms with van der Waals surface area (Å²) in [6.45, 7) is 0. The molecule has 0 aliphatic heterocycles. The molecule has 1 rings (SSSR count). The van der Waals surface area contributed by atoms with E-state index in [1.807, 2.05) is 0 Å². The molecule has 1 aromatic carbocycles. The first-order valence-corrected chi connectivity index (χ1v) is 7.46. The summed E-state index contributed by atoms with van der Waals surface area (Å²) < 4.78 is 13.1. The van der Waals surface area contributed by atoms with E-state index in [9.17, 15) is 14.3 Å². The summed E-state index contributed by atoms with van der Waals surface area (Å²) >= 11 is 0. The Bertz CT molecular complexity index is 486. The van der Waals surface area contributed by atoms with Gasteiger partial charge in [-0.05, 0) is 49.7 Å². The van der Waals surface area contributed by atoms with Crippen molar-refractivity contribution >= 4 is 13.1 Å². The van der Waals surface area contributed by atoms with Crippen LogP contribution in [0.25, 0.3) is 0 Å². The molecule has 0 aliphatic carbocycles. The van der Waals surface area contributed by atoms with Crippen LogP contribution in [0, 0.1) is 5.82 Å². The molecule has 0 spiro atoms. The lowest BCUT2D eigenvalue weighted by molar-refractivity contribution is -0.144. The molecule has 1 aromatic rings. The second-order valence-electron chi connectivity index (χ2n) is 5.67. The molecule has 1 atom stereocenters. The first-order chi connectivity index (χ1) is 10.3. The molecule has 0 saturated heterocycles. The van der Waals surface area contributed by atoms with E-state index in [4.69, 9.17) is 15.8 Å². The number of hydrogen-bond donors (Lipinski definition) is 4. The number of aryl methyl sites for hydroxylation is 1. The molecule has 7 heteroatoms. The molecule has 22 heavy (non-hydrogen) atoms. The van der Waals surface area contributed by atoms with Gasteiger partial charge in [-0.3, -0.25) is 4.79 Å². The maximum absolute atomic E-state index is 13.1. The Hall–Kier alpha value is -1.44. The summed E-state index contributed by atoms with van der Waals surface area (Å²) in [4.78, 5) is 11.4. The molecule has 0 radical (unpaired) electrons. The van der Waals surface area contributed by atoms with Crippen molar-refractivity contribution in [3.8, 4) is 0 Å². The topological polar surface area (TPSA) is 104 Å². The van der Waals surface area contributed by atoms with Crippen LogP contribution >= 0.6 is 0 Å². The Balaban J connectivity index is 2.44. The number of benzene rings is 1. The first-order valence-electron chi connectivity index (χ1n) is 7.46. The van der Waals surface area contributed by atoms with Crippen LogP contribution in [0.3, 0.4) is 0 Å². The SMILES string of the molecule is NC(CCCCB(O)O)(CCCc1cccc(F)c1)C(=O)O. The highest BCUT2D eigenvalue weighted by Crippen LogP contribution is 2.21. The lowest BCUT2D eigenvalue weighted by Crippen LogP contribution is -2.48. The minimum Gasteiger partial charge on any atom is -0.480 e. The van der Waals surface area contributed by atoms with Crippen molar-refractivity contribution in [2.24, 2.45) is 5.73 Å². The minimum absolute atomic E-state index is 0.207. The Morgan fingerprint density at radius 2 is 1.91 bits per heavy atom. The normalized spacial score (nSPS) is 13.6. The van der Waals surface area contributed by atoms with Crippen molar-refractivity contribution in [2.45, 2.75) is 50.4 Å². The van der Waals surface area contributed by atoms with Gasteiger partial charge in [0.05, 0.1) is 0 Å². The van der Waals surface area contributed by atoms with E-state index in [1.54, 1.807) is 12.1 Å². The van der Waals surface area contributed by atoms with E-state index >= 15 is 0 Å². The molecular formula is C15H23BFNO4. The summed E-state index contributed by atoms with van der Waals surface area (Å²) in [6.07, 6.45) is 2.92. The van der Waals surface area contributed by atoms with Gasteiger partial charge in [-0.15, -0.1) is 0 Å². The average Bonchev–Trinajstić information content (AvgIpc) is 2.43. The second kappa shape index (κ2) is 8.87. The Labute approximate surface area is 130 Å². The highest BCUT2D eigenvalue weighted by molar-refractivity contribution is 6.40. The molecule has 0 saturated carbocycles. The van der Waals surface area contributed by atoms with E-state index in [2.05, 4.69) is 0 Å². The summed E-state index contributed by atoms with van der Waals surface area (Å²) in [5.74, 6) is -1.37. The molecule has 0 aromatic heterocycles. The zero-order valence-electron chi connectivity index (χ0n) is 12.5. The monoisotopic (exact) mass is 311 g/mol. The zero-order valence-corrected chi connectivity index (χ0v) is 12.5. The van der Waals surface area contributed by atoms with Gasteiger partial charge in [0.2, 0.25) is 0 Å². The van der Waals surface area contributed by atoms with E-state index in [0.29, 0.717) is 32.1 Å². The van der Waals surface area contributed by atoms with Crippen LogP contribution < -0.4 is 5.73 Å². The molecule has 5 N–H and O–H groups in total. The standard InChI is InChI=1S/C15H23BFNO4/c17-13-7-3-5-12(11-13)6-4-9-15(18,14(19)20)8-1-2-10-16(21)22/h3,5,7,11,21-22H,1-2,4,6,8-10,18H2,(H,19,20). The van der Waals surface area contributed by atoms with Crippen LogP contribution in [0.1, 0.15) is 37.7 Å². The van der Waals surface area contributed by atoms with Gasteiger partial charge in [-0.2, -0.15) is 0 Å². The van der Waals surface area contributed by atoms with Gasteiger partial charge in [0.1, 0.15) is 11.4 Å². The quantitative estimate of drug-likeness (QED) is 0.388. The van der Waals surface area contributed by atoms with Crippen LogP contribution in [0.5, 0.6) is 0 Å². The molecular weight excluding hydrogens is 288 g/mol. The molecule has 122 valence electrons. The fraction of sp³-hybridized carbons (Fsp3) is 0.533. The predicted molar refractivity (Wildman–Crippen MR) is 82.7 cm³/mol. The number of unbranched alkanes of at least 4 members (excludes halogenated alkanes) is 1. The van der Waals surface area contributed by atoms with Crippen molar-refractivity contribution < 1.29 is 24.3 Å². The maximum Gasteiger partial charge on any atom is 0.451 e. The number of rotatable bonds is 10. The van der Waals surface area contributed by atoms with Crippen molar-refractivity contribution in [2.75, 3.05) is 0 Å². The van der Waals surface area contributed by atoms with Gasteiger partial charge in [-0.25, -0.2) is 4.39 Å². The minimum atomic E-state index is -1.37. The Morgan fingerprint density at radius 1 is 1.23 bits per heavy atom. The summed E-state index contributed by atoms with van der Waals surface area (Å²) in [7, 11) is -1.37. The highest BCUT2D eigenvalue weighted by Gasteiger charge is 2.32. The first kappa shape index (κ1) is 18.6. The summed E-state index contributed by atoms with van der Waals surface area (Å²) in [5, 5.41) is 26.8. The lowest BCUT2D eigenvalue weighted by atomic mass is 9.81. The van der Waals surface area contributed by atoms with Crippen molar-refractivity contribution in [3.05, 3.63) is 35.6 Å². The van der Waals surface area contributed by atoms with Gasteiger partial charge in [0.15, 0.2) is 0 Å². The fourth-order valence-electron chi connectivity index (χ4n) is 2.41. The predicted octanol–water partition coefficient (Wildman–Crippen LogP) is 1.57. The molecule has 1 unspecified atom stereocenters. The second-order valence-corrected chi connectivity index (χ2v) is 5.67. The molecule has 0 aliphatic rings. The van der Waals surface area contributed by atoms with E-state index in [-0.39, 0.29) is 18.6 Å². The third-order valence-electron chi connectivity index (χ3n) is 3.74. The van der Waals surface area contributed by atoms with Gasteiger partial charge in [-0.1, -0.05) is 25.0 Å². The lowest BCUT2D eigenvalue weighted by Gasteiger charge is -2.24. The molecule has 0 bridgehead atoms. The van der Waals surface area contributed by atoms with E-state index in [0.717, 1.165) is 5.56 Å². The van der Waals surface area contributed by atoms with Crippen LogP contribution in [0.15, 0.2) is 24.3 Å². The Morgan fingerprint density at radius 3 is 2.50 bits per heavy atom. The van der Waals surface area contributed by atoms with Crippen LogP contribution in [0.2, 0.25) is 6.32 Å². The van der Waals surface area contributed by atoms with Crippen LogP contribution in [-0.4, -0.2) is 33.8 Å². The average molecular weight is 311 g/mol. The van der Waals surface area contributed by atoms with E-state index in [1.165, 1.54) is 12.1 Å². The van der Waals surface area contributed by atoms with Crippen molar-refractivity contribution in [1.29, 1.82) is 0 Å². The van der Waals surface area contributed by atoms with Gasteiger partial charge in [0.25, 0.3) is 0 Å². The highest BCUT2D eigenvalue weighted by atomic mass is 19.1.